The first-order chi connectivity index (χ1) is 12.2. The molecule has 0 heterocycles. The summed E-state index contributed by atoms with van der Waals surface area (Å²) < 4.78 is 0. The Morgan fingerprint density at radius 2 is 1.23 bits per heavy atom. The summed E-state index contributed by atoms with van der Waals surface area (Å²) in [5.41, 5.74) is 3.99. The van der Waals surface area contributed by atoms with Gasteiger partial charge in [-0.25, -0.2) is 0 Å². The highest BCUT2D eigenvalue weighted by molar-refractivity contribution is 8.00. The molecule has 4 nitrogen and oxygen atoms in total. The van der Waals surface area contributed by atoms with E-state index < -0.39 is 0 Å². The molecule has 138 valence electrons. The third-order valence-corrected chi connectivity index (χ3v) is 4.77. The number of nitrogens with one attached hydrogen (secondary N) is 2. The van der Waals surface area contributed by atoms with E-state index in [0.29, 0.717) is 0 Å². The average Bonchev–Trinajstić information content (AvgIpc) is 2.56. The Morgan fingerprint density at radius 1 is 0.808 bits per heavy atom. The molecular weight excluding hydrogens is 344 g/mol. The predicted octanol–water partition coefficient (Wildman–Crippen LogP) is 4.60. The topological polar surface area (TPSA) is 58.2 Å². The van der Waals surface area contributed by atoms with Crippen molar-refractivity contribution in [3.05, 3.63) is 59.7 Å². The van der Waals surface area contributed by atoms with E-state index in [9.17, 15) is 9.59 Å². The molecule has 0 saturated heterocycles. The minimum absolute atomic E-state index is 0.0865. The average molecular weight is 371 g/mol. The zero-order valence-corrected chi connectivity index (χ0v) is 16.6. The number of amides is 2. The monoisotopic (exact) mass is 370 g/mol. The van der Waals surface area contributed by atoms with Crippen molar-refractivity contribution in [1.29, 1.82) is 0 Å². The summed E-state index contributed by atoms with van der Waals surface area (Å²) in [6.07, 6.45) is 0. The molecule has 0 aromatic heterocycles. The predicted molar refractivity (Wildman–Crippen MR) is 111 cm³/mol. The summed E-state index contributed by atoms with van der Waals surface area (Å²) in [5, 5.41) is 5.68. The summed E-state index contributed by atoms with van der Waals surface area (Å²) in [5.74, 6) is 0.259. The maximum Gasteiger partial charge on any atom is 0.234 e. The van der Waals surface area contributed by atoms with Crippen LogP contribution in [0.3, 0.4) is 0 Å². The van der Waals surface area contributed by atoms with Crippen molar-refractivity contribution < 1.29 is 9.59 Å². The second kappa shape index (κ2) is 8.90. The molecule has 2 rings (SSSR count). The molecular formula is C21H26N2O2S. The lowest BCUT2D eigenvalue weighted by molar-refractivity contribution is -0.114. The first kappa shape index (κ1) is 20.0. The Kier molecular flexibility index (Phi) is 6.86. The van der Waals surface area contributed by atoms with E-state index >= 15 is 0 Å². The number of aryl methyl sites for hydroxylation is 1. The highest BCUT2D eigenvalue weighted by atomic mass is 32.2. The van der Waals surface area contributed by atoms with Gasteiger partial charge in [0.25, 0.3) is 0 Å². The van der Waals surface area contributed by atoms with Crippen LogP contribution in [0.2, 0.25) is 0 Å². The van der Waals surface area contributed by atoms with Gasteiger partial charge in [0.1, 0.15) is 0 Å². The summed E-state index contributed by atoms with van der Waals surface area (Å²) in [4.78, 5) is 23.9. The largest absolute Gasteiger partial charge is 0.325 e. The van der Waals surface area contributed by atoms with Gasteiger partial charge in [-0.2, -0.15) is 0 Å². The lowest BCUT2D eigenvalue weighted by Gasteiger charge is -2.19. The van der Waals surface area contributed by atoms with Crippen molar-refractivity contribution in [1.82, 2.24) is 0 Å². The number of benzene rings is 2. The number of carbonyl (C=O) groups excluding carboxylic acids is 2. The molecule has 0 aliphatic heterocycles. The first-order valence-electron chi connectivity index (χ1n) is 8.59. The van der Waals surface area contributed by atoms with Crippen LogP contribution in [0, 0.1) is 6.92 Å². The van der Waals surface area contributed by atoms with Gasteiger partial charge >= 0.3 is 0 Å². The molecule has 0 atom stereocenters. The van der Waals surface area contributed by atoms with Crippen molar-refractivity contribution in [2.45, 2.75) is 33.1 Å². The van der Waals surface area contributed by atoms with Gasteiger partial charge in [0, 0.05) is 11.4 Å². The minimum atomic E-state index is -0.110. The first-order valence-corrected chi connectivity index (χ1v) is 9.74. The Labute approximate surface area is 159 Å². The second-order valence-electron chi connectivity index (χ2n) is 7.28. The molecule has 2 aromatic carbocycles. The molecule has 0 radical (unpaired) electrons. The van der Waals surface area contributed by atoms with Crippen LogP contribution in [0.5, 0.6) is 0 Å². The van der Waals surface area contributed by atoms with Gasteiger partial charge in [-0.05, 0) is 42.2 Å². The molecule has 26 heavy (non-hydrogen) atoms. The van der Waals surface area contributed by atoms with Gasteiger partial charge in [-0.3, -0.25) is 9.59 Å². The smallest absolute Gasteiger partial charge is 0.234 e. The number of hydrogen-bond acceptors (Lipinski definition) is 3. The highest BCUT2D eigenvalue weighted by Gasteiger charge is 2.13. The Hall–Kier alpha value is -2.27. The Balaban J connectivity index is 1.73. The Morgan fingerprint density at radius 3 is 1.65 bits per heavy atom. The van der Waals surface area contributed by atoms with Crippen molar-refractivity contribution in [2.24, 2.45) is 0 Å². The van der Waals surface area contributed by atoms with Crippen LogP contribution in [-0.4, -0.2) is 23.3 Å². The van der Waals surface area contributed by atoms with Gasteiger partial charge < -0.3 is 10.6 Å². The van der Waals surface area contributed by atoms with E-state index in [1.165, 1.54) is 17.3 Å². The number of hydrogen-bond donors (Lipinski definition) is 2. The molecule has 2 amide bonds. The van der Waals surface area contributed by atoms with Gasteiger partial charge in [-0.1, -0.05) is 50.6 Å². The zero-order chi connectivity index (χ0) is 19.2. The molecule has 0 saturated carbocycles. The molecule has 0 aliphatic rings. The molecule has 0 fully saturated rings. The van der Waals surface area contributed by atoms with Gasteiger partial charge in [-0.15, -0.1) is 11.8 Å². The standard InChI is InChI=1S/C21H26N2O2S/c1-15-5-9-17(10-6-15)22-19(24)13-26-14-20(25)23-18-11-7-16(8-12-18)21(2,3)4/h5-12H,13-14H2,1-4H3,(H,22,24)(H,23,25). The normalized spacial score (nSPS) is 11.1. The second-order valence-corrected chi connectivity index (χ2v) is 8.27. The summed E-state index contributed by atoms with van der Waals surface area (Å²) >= 11 is 1.29. The maximum atomic E-state index is 12.0. The number of rotatable bonds is 6. The third kappa shape index (κ3) is 6.56. The zero-order valence-electron chi connectivity index (χ0n) is 15.8. The van der Waals surface area contributed by atoms with Crippen LogP contribution in [0.4, 0.5) is 11.4 Å². The lowest BCUT2D eigenvalue weighted by atomic mass is 9.87. The van der Waals surface area contributed by atoms with E-state index in [0.717, 1.165) is 16.9 Å². The molecule has 0 spiro atoms. The fourth-order valence-corrected chi connectivity index (χ4v) is 2.94. The van der Waals surface area contributed by atoms with Gasteiger partial charge in [0.15, 0.2) is 0 Å². The summed E-state index contributed by atoms with van der Waals surface area (Å²) in [7, 11) is 0. The van der Waals surface area contributed by atoms with Crippen LogP contribution in [0.25, 0.3) is 0 Å². The fraction of sp³-hybridized carbons (Fsp3) is 0.333. The molecule has 0 bridgehead atoms. The van der Waals surface area contributed by atoms with Crippen LogP contribution < -0.4 is 10.6 Å². The van der Waals surface area contributed by atoms with Crippen molar-refractivity contribution >= 4 is 35.0 Å². The van der Waals surface area contributed by atoms with Crippen LogP contribution in [0.15, 0.2) is 48.5 Å². The van der Waals surface area contributed by atoms with Crippen molar-refractivity contribution in [3.63, 3.8) is 0 Å². The number of carbonyl (C=O) groups is 2. The highest BCUT2D eigenvalue weighted by Crippen LogP contribution is 2.23. The van der Waals surface area contributed by atoms with Gasteiger partial charge in [0.2, 0.25) is 11.8 Å². The van der Waals surface area contributed by atoms with E-state index in [1.54, 1.807) is 0 Å². The van der Waals surface area contributed by atoms with Crippen LogP contribution in [0.1, 0.15) is 31.9 Å². The molecule has 2 aromatic rings. The van der Waals surface area contributed by atoms with E-state index in [1.807, 2.05) is 55.5 Å². The maximum absolute atomic E-state index is 12.0. The molecule has 0 unspecified atom stereocenters. The number of anilines is 2. The SMILES string of the molecule is Cc1ccc(NC(=O)CSCC(=O)Nc2ccc(C(C)(C)C)cc2)cc1. The third-order valence-electron chi connectivity index (χ3n) is 3.84. The number of thioether (sulfide) groups is 1. The van der Waals surface area contributed by atoms with Crippen molar-refractivity contribution in [3.8, 4) is 0 Å². The summed E-state index contributed by atoms with van der Waals surface area (Å²) in [6, 6.07) is 15.5. The Bertz CT molecular complexity index is 747. The van der Waals surface area contributed by atoms with E-state index in [2.05, 4.69) is 31.4 Å². The summed E-state index contributed by atoms with van der Waals surface area (Å²) in [6.45, 7) is 8.45. The minimum Gasteiger partial charge on any atom is -0.325 e. The molecule has 0 aliphatic carbocycles. The van der Waals surface area contributed by atoms with Gasteiger partial charge in [0.05, 0.1) is 11.5 Å². The molecule has 5 heteroatoms. The van der Waals surface area contributed by atoms with Crippen LogP contribution in [-0.2, 0) is 15.0 Å². The lowest BCUT2D eigenvalue weighted by Crippen LogP contribution is -2.18. The van der Waals surface area contributed by atoms with Crippen LogP contribution >= 0.6 is 11.8 Å². The van der Waals surface area contributed by atoms with E-state index in [-0.39, 0.29) is 28.7 Å². The molecule has 2 N–H and O–H groups in total. The quantitative estimate of drug-likeness (QED) is 0.781. The fourth-order valence-electron chi connectivity index (χ4n) is 2.32. The van der Waals surface area contributed by atoms with Crippen molar-refractivity contribution in [2.75, 3.05) is 22.1 Å². The van der Waals surface area contributed by atoms with E-state index in [4.69, 9.17) is 0 Å².